The van der Waals surface area contributed by atoms with Crippen LogP contribution < -0.4 is 25.4 Å². The van der Waals surface area contributed by atoms with Crippen molar-refractivity contribution in [2.24, 2.45) is 10.2 Å². The molecular formula is C43H57N9O10S. The van der Waals surface area contributed by atoms with Gasteiger partial charge in [0, 0.05) is 61.5 Å². The Bertz CT molecular complexity index is 2120. The zero-order chi connectivity index (χ0) is 43.0. The maximum Gasteiger partial charge on any atom is 0.315 e. The van der Waals surface area contributed by atoms with E-state index in [4.69, 9.17) is 33.2 Å². The number of carbonyl (C=O) groups excluding carboxylic acids is 3. The first-order chi connectivity index (χ1) is 30.7. The number of ether oxygens (including phenoxy) is 7. The quantitative estimate of drug-likeness (QED) is 0.0635. The van der Waals surface area contributed by atoms with E-state index in [0.717, 1.165) is 60.7 Å². The molecule has 3 N–H and O–H groups in total. The number of esters is 1. The minimum Gasteiger partial charge on any atom is -0.454 e. The van der Waals surface area contributed by atoms with Crippen LogP contribution in [0.5, 0.6) is 11.5 Å². The van der Waals surface area contributed by atoms with Crippen LogP contribution in [0.1, 0.15) is 74.1 Å². The highest BCUT2D eigenvalue weighted by molar-refractivity contribution is 8.00. The summed E-state index contributed by atoms with van der Waals surface area (Å²) in [6, 6.07) is 4.70. The summed E-state index contributed by atoms with van der Waals surface area (Å²) in [6.45, 7) is 5.22. The highest BCUT2D eigenvalue weighted by atomic mass is 32.2. The number of benzene rings is 1. The lowest BCUT2D eigenvalue weighted by atomic mass is 9.73. The molecule has 0 radical (unpaired) electrons. The summed E-state index contributed by atoms with van der Waals surface area (Å²) >= 11 is 1.90. The van der Waals surface area contributed by atoms with Crippen molar-refractivity contribution in [1.29, 1.82) is 0 Å². The highest BCUT2D eigenvalue weighted by Crippen LogP contribution is 2.70. The second kappa shape index (κ2) is 17.9. The Morgan fingerprint density at radius 1 is 1.03 bits per heavy atom. The molecule has 3 amide bonds. The third-order valence-electron chi connectivity index (χ3n) is 13.7. The number of hydrogen-bond acceptors (Lipinski definition) is 16. The fourth-order valence-corrected chi connectivity index (χ4v) is 12.0. The number of rotatable bonds is 23. The van der Waals surface area contributed by atoms with Crippen LogP contribution in [-0.4, -0.2) is 150 Å². The SMILES string of the molecule is CN1CCC2=C[C@]3(OC(=O)CC4(CCc5cn(CCOCCOCCOCCNC(=O)CCCC[C@@H]6SC[C@@H]7NC(=O)N[C@@H]76)nn5)N=N4)C[C@@]34OCc3cc5c(cc3[C@H]4[C@@H]21)OCO5. The zero-order valence-corrected chi connectivity index (χ0v) is 36.5. The number of unbranched alkanes of at least 4 members (excludes halogenated alkanes) is 1. The molecule has 4 fully saturated rings. The molecule has 10 rings (SSSR count). The van der Waals surface area contributed by atoms with Gasteiger partial charge in [0.15, 0.2) is 17.1 Å². The minimum absolute atomic E-state index is 0.00630. The number of nitrogens with zero attached hydrogens (tertiary/aromatic N) is 6. The number of hydrogen-bond donors (Lipinski definition) is 3. The summed E-state index contributed by atoms with van der Waals surface area (Å²) in [5.74, 6) is 2.17. The van der Waals surface area contributed by atoms with Crippen LogP contribution in [0.15, 0.2) is 40.2 Å². The predicted molar refractivity (Wildman–Crippen MR) is 225 cm³/mol. The number of carbonyl (C=O) groups is 3. The summed E-state index contributed by atoms with van der Waals surface area (Å²) in [7, 11) is 2.16. The van der Waals surface area contributed by atoms with Crippen molar-refractivity contribution in [3.8, 4) is 11.5 Å². The van der Waals surface area contributed by atoms with E-state index in [1.54, 1.807) is 4.68 Å². The molecule has 7 atom stereocenters. The van der Waals surface area contributed by atoms with Gasteiger partial charge in [0.05, 0.1) is 77.0 Å². The maximum absolute atomic E-state index is 13.7. The standard InChI is InChI=1S/C43H57N9O10S/c1-51-10-7-27-20-41(25-43(41)37(39(27)51)30-19-33-32(59-26-60-33)18-28(30)23-61-43)62-36(54)21-42(48-49-42)8-6-29-22-52(50-47-29)11-13-57-15-17-58-16-14-56-12-9-44-35(53)5-3-2-4-34-38-31(24-63-34)45-40(55)46-38/h18-20,22,31,34,37-39H,2-17,21,23-26H2,1H3,(H,44,53)(H2,45,46,55)/t31-,34-,37-,38-,39+,41-,43-/m0/s1. The fraction of sp³-hybridized carbons (Fsp3) is 0.698. The molecule has 340 valence electrons. The number of nitrogens with one attached hydrogen (secondary N) is 3. The molecular weight excluding hydrogens is 835 g/mol. The maximum atomic E-state index is 13.7. The number of amides is 3. The molecule has 1 spiro atoms. The van der Waals surface area contributed by atoms with Crippen molar-refractivity contribution in [3.63, 3.8) is 0 Å². The molecule has 8 aliphatic rings. The van der Waals surface area contributed by atoms with Gasteiger partial charge in [-0.1, -0.05) is 17.2 Å². The van der Waals surface area contributed by atoms with E-state index in [9.17, 15) is 14.4 Å². The number of likely N-dealkylation sites (N-methyl/N-ethyl adjacent to an activating group) is 1. The van der Waals surface area contributed by atoms with Gasteiger partial charge >= 0.3 is 12.0 Å². The van der Waals surface area contributed by atoms with Gasteiger partial charge < -0.3 is 49.1 Å². The van der Waals surface area contributed by atoms with Gasteiger partial charge in [0.25, 0.3) is 0 Å². The normalized spacial score (nSPS) is 29.8. The Morgan fingerprint density at radius 3 is 2.68 bits per heavy atom. The first-order valence-electron chi connectivity index (χ1n) is 22.4. The summed E-state index contributed by atoms with van der Waals surface area (Å²) in [4.78, 5) is 39.8. The second-order valence-corrected chi connectivity index (χ2v) is 19.2. The van der Waals surface area contributed by atoms with Crippen molar-refractivity contribution >= 4 is 29.7 Å². The van der Waals surface area contributed by atoms with Crippen LogP contribution in [0.25, 0.3) is 0 Å². The Labute approximate surface area is 370 Å². The molecule has 2 aromatic rings. The van der Waals surface area contributed by atoms with Crippen molar-refractivity contribution in [2.45, 2.75) is 117 Å². The molecule has 1 saturated carbocycles. The van der Waals surface area contributed by atoms with Crippen molar-refractivity contribution in [3.05, 3.63) is 46.8 Å². The summed E-state index contributed by atoms with van der Waals surface area (Å²) < 4.78 is 43.2. The lowest BCUT2D eigenvalue weighted by molar-refractivity contribution is -0.159. The van der Waals surface area contributed by atoms with E-state index in [1.807, 2.05) is 24.0 Å². The van der Waals surface area contributed by atoms with Crippen LogP contribution >= 0.6 is 11.8 Å². The summed E-state index contributed by atoms with van der Waals surface area (Å²) in [5, 5.41) is 26.5. The highest BCUT2D eigenvalue weighted by Gasteiger charge is 2.79. The minimum atomic E-state index is -0.819. The van der Waals surface area contributed by atoms with E-state index in [1.165, 1.54) is 11.1 Å². The molecule has 3 saturated heterocycles. The van der Waals surface area contributed by atoms with E-state index in [2.05, 4.69) is 60.6 Å². The monoisotopic (exact) mass is 891 g/mol. The molecule has 63 heavy (non-hydrogen) atoms. The Kier molecular flexibility index (Phi) is 12.1. The van der Waals surface area contributed by atoms with E-state index in [-0.39, 0.29) is 55.2 Å². The molecule has 20 heteroatoms. The van der Waals surface area contributed by atoms with E-state index >= 15 is 0 Å². The predicted octanol–water partition coefficient (Wildman–Crippen LogP) is 2.77. The molecule has 1 aromatic carbocycles. The molecule has 7 heterocycles. The molecule has 19 nitrogen and oxygen atoms in total. The summed E-state index contributed by atoms with van der Waals surface area (Å²) in [5.41, 5.74) is 2.11. The van der Waals surface area contributed by atoms with Crippen molar-refractivity contribution < 1.29 is 47.5 Å². The van der Waals surface area contributed by atoms with Gasteiger partial charge in [0.1, 0.15) is 5.60 Å². The molecule has 0 unspecified atom stereocenters. The van der Waals surface area contributed by atoms with Crippen LogP contribution in [0, 0.1) is 0 Å². The van der Waals surface area contributed by atoms with E-state index in [0.29, 0.717) is 90.3 Å². The molecule has 0 bridgehead atoms. The third-order valence-corrected chi connectivity index (χ3v) is 15.3. The van der Waals surface area contributed by atoms with Gasteiger partial charge in [-0.15, -0.1) is 5.10 Å². The Morgan fingerprint density at radius 2 is 1.84 bits per heavy atom. The van der Waals surface area contributed by atoms with Crippen molar-refractivity contribution in [2.75, 3.05) is 72.3 Å². The average molecular weight is 892 g/mol. The van der Waals surface area contributed by atoms with Gasteiger partial charge in [-0.25, -0.2) is 9.48 Å². The van der Waals surface area contributed by atoms with Crippen molar-refractivity contribution in [1.82, 2.24) is 35.8 Å². The van der Waals surface area contributed by atoms with Gasteiger partial charge in [-0.3, -0.25) is 14.5 Å². The van der Waals surface area contributed by atoms with Gasteiger partial charge in [-0.05, 0) is 62.1 Å². The van der Waals surface area contributed by atoms with Crippen LogP contribution in [0.3, 0.4) is 0 Å². The average Bonchev–Trinajstić information content (AvgIpc) is 3.62. The lowest BCUT2D eigenvalue weighted by Gasteiger charge is -2.45. The first kappa shape index (κ1) is 42.6. The second-order valence-electron chi connectivity index (χ2n) is 17.9. The molecule has 1 aromatic heterocycles. The topological polar surface area (TPSA) is 211 Å². The first-order valence-corrected chi connectivity index (χ1v) is 23.5. The number of fused-ring (bicyclic) bond motifs is 6. The number of aryl methyl sites for hydroxylation is 1. The summed E-state index contributed by atoms with van der Waals surface area (Å²) in [6.07, 6.45) is 10.1. The number of thioether (sulfide) groups is 1. The lowest BCUT2D eigenvalue weighted by Crippen LogP contribution is -2.51. The fourth-order valence-electron chi connectivity index (χ4n) is 10.4. The van der Waals surface area contributed by atoms with Crippen LogP contribution in [-0.2, 0) is 52.8 Å². The van der Waals surface area contributed by atoms with Gasteiger partial charge in [0.2, 0.25) is 18.4 Å². The van der Waals surface area contributed by atoms with E-state index < -0.39 is 16.9 Å². The number of aromatic nitrogens is 3. The molecule has 2 aliphatic carbocycles. The van der Waals surface area contributed by atoms with Crippen LogP contribution in [0.2, 0.25) is 0 Å². The van der Waals surface area contributed by atoms with Gasteiger partial charge in [-0.2, -0.15) is 22.0 Å². The Hall–Kier alpha value is -4.34. The smallest absolute Gasteiger partial charge is 0.315 e. The number of likely N-dealkylation sites (tertiary alicyclic amines) is 1. The molecule has 6 aliphatic heterocycles. The van der Waals surface area contributed by atoms with Crippen LogP contribution in [0.4, 0.5) is 4.79 Å². The zero-order valence-electron chi connectivity index (χ0n) is 35.7. The Balaban J connectivity index is 0.576. The largest absolute Gasteiger partial charge is 0.454 e. The third kappa shape index (κ3) is 8.90. The number of urea groups is 1.